The Balaban J connectivity index is 1.16. The van der Waals surface area contributed by atoms with Gasteiger partial charge in [0.05, 0.1) is 5.92 Å². The number of hydrogen-bond donors (Lipinski definition) is 0. The van der Waals surface area contributed by atoms with Crippen LogP contribution in [0.1, 0.15) is 36.6 Å². The number of carbonyl (C=O) groups is 1. The lowest BCUT2D eigenvalue weighted by molar-refractivity contribution is -0.130. The van der Waals surface area contributed by atoms with Crippen molar-refractivity contribution in [3.63, 3.8) is 0 Å². The van der Waals surface area contributed by atoms with Gasteiger partial charge in [-0.1, -0.05) is 23.4 Å². The van der Waals surface area contributed by atoms with Gasteiger partial charge in [0.15, 0.2) is 0 Å². The van der Waals surface area contributed by atoms with Crippen molar-refractivity contribution in [1.82, 2.24) is 29.6 Å². The highest BCUT2D eigenvalue weighted by Gasteiger charge is 2.31. The number of carbonyl (C=O) groups excluding carboxylic acids is 1. The Labute approximate surface area is 179 Å². The van der Waals surface area contributed by atoms with E-state index in [-0.39, 0.29) is 11.8 Å². The summed E-state index contributed by atoms with van der Waals surface area (Å²) in [5.41, 5.74) is 2.53. The third kappa shape index (κ3) is 3.93. The number of fused-ring (bicyclic) bond motifs is 1. The summed E-state index contributed by atoms with van der Waals surface area (Å²) in [5.74, 6) is 1.63. The number of para-hydroxylation sites is 1. The Morgan fingerprint density at radius 3 is 2.87 bits per heavy atom. The molecule has 1 amide bonds. The molecule has 1 aromatic carbocycles. The maximum Gasteiger partial charge on any atom is 0.240 e. The fourth-order valence-corrected chi connectivity index (χ4v) is 4.31. The topological polar surface area (TPSA) is 89.9 Å². The van der Waals surface area contributed by atoms with Crippen molar-refractivity contribution in [2.24, 2.45) is 7.05 Å². The Bertz CT molecular complexity index is 1200. The first-order valence-electron chi connectivity index (χ1n) is 10.6. The normalized spacial score (nSPS) is 16.3. The van der Waals surface area contributed by atoms with Crippen LogP contribution < -0.4 is 0 Å². The molecule has 8 heteroatoms. The van der Waals surface area contributed by atoms with Crippen LogP contribution >= 0.6 is 0 Å². The van der Waals surface area contributed by atoms with Gasteiger partial charge in [-0.05, 0) is 37.0 Å². The van der Waals surface area contributed by atoms with Crippen LogP contribution in [0.2, 0.25) is 0 Å². The smallest absolute Gasteiger partial charge is 0.240 e. The minimum Gasteiger partial charge on any atom is -0.350 e. The number of aryl methyl sites for hydroxylation is 2. The van der Waals surface area contributed by atoms with Crippen molar-refractivity contribution in [1.29, 1.82) is 0 Å². The van der Waals surface area contributed by atoms with Crippen LogP contribution in [0.5, 0.6) is 0 Å². The zero-order chi connectivity index (χ0) is 21.2. The average molecular weight is 416 g/mol. The van der Waals surface area contributed by atoms with Gasteiger partial charge >= 0.3 is 0 Å². The van der Waals surface area contributed by atoms with E-state index >= 15 is 0 Å². The number of likely N-dealkylation sites (tertiary alicyclic amines) is 1. The predicted molar refractivity (Wildman–Crippen MR) is 115 cm³/mol. The lowest BCUT2D eigenvalue weighted by Gasteiger charge is -2.15. The van der Waals surface area contributed by atoms with Crippen LogP contribution in [0.25, 0.3) is 22.6 Å². The molecule has 8 nitrogen and oxygen atoms in total. The standard InChI is InChI=1S/C23H24N6O2/c1-28-14-16(18-7-2-3-8-19(18)28)6-4-9-20(30)29-13-10-17(15-29)23-26-22(27-31-23)21-24-11-5-12-25-21/h2-3,5,7-8,11-12,14,17H,4,6,9-10,13,15H2,1H3/t17-/m1/s1. The van der Waals surface area contributed by atoms with E-state index in [1.54, 1.807) is 18.5 Å². The average Bonchev–Trinajstić information content (AvgIpc) is 3.54. The Morgan fingerprint density at radius 2 is 2.00 bits per heavy atom. The van der Waals surface area contributed by atoms with Crippen molar-refractivity contribution < 1.29 is 9.32 Å². The van der Waals surface area contributed by atoms with Crippen LogP contribution in [0.4, 0.5) is 0 Å². The quantitative estimate of drug-likeness (QED) is 0.479. The van der Waals surface area contributed by atoms with Gasteiger partial charge in [0.1, 0.15) is 0 Å². The Morgan fingerprint density at radius 1 is 1.16 bits per heavy atom. The number of benzene rings is 1. The molecule has 158 valence electrons. The van der Waals surface area contributed by atoms with E-state index in [1.807, 2.05) is 4.90 Å². The zero-order valence-corrected chi connectivity index (χ0v) is 17.4. The molecule has 4 aromatic rings. The van der Waals surface area contributed by atoms with Crippen molar-refractivity contribution in [3.05, 3.63) is 60.4 Å². The summed E-state index contributed by atoms with van der Waals surface area (Å²) in [6.07, 6.45) is 8.57. The first-order chi connectivity index (χ1) is 15.2. The summed E-state index contributed by atoms with van der Waals surface area (Å²) in [7, 11) is 2.06. The molecule has 0 saturated carbocycles. The van der Waals surface area contributed by atoms with E-state index in [0.717, 1.165) is 25.8 Å². The lowest BCUT2D eigenvalue weighted by atomic mass is 10.1. The number of nitrogens with zero attached hydrogens (tertiary/aromatic N) is 6. The molecule has 0 bridgehead atoms. The molecule has 3 aromatic heterocycles. The van der Waals surface area contributed by atoms with Gasteiger partial charge in [0, 0.05) is 56.1 Å². The zero-order valence-electron chi connectivity index (χ0n) is 17.4. The summed E-state index contributed by atoms with van der Waals surface area (Å²) < 4.78 is 7.58. The minimum absolute atomic E-state index is 0.0620. The van der Waals surface area contributed by atoms with Crippen molar-refractivity contribution in [3.8, 4) is 11.6 Å². The second-order valence-electron chi connectivity index (χ2n) is 7.99. The lowest BCUT2D eigenvalue weighted by Crippen LogP contribution is -2.28. The molecular weight excluding hydrogens is 392 g/mol. The minimum atomic E-state index is 0.0620. The van der Waals surface area contributed by atoms with Gasteiger partial charge in [0.2, 0.25) is 23.4 Å². The first-order valence-corrected chi connectivity index (χ1v) is 10.6. The van der Waals surface area contributed by atoms with Crippen molar-refractivity contribution in [2.45, 2.75) is 31.6 Å². The molecule has 0 spiro atoms. The summed E-state index contributed by atoms with van der Waals surface area (Å²) in [6.45, 7) is 1.34. The summed E-state index contributed by atoms with van der Waals surface area (Å²) in [6, 6.07) is 10.1. The Hall–Kier alpha value is -3.55. The summed E-state index contributed by atoms with van der Waals surface area (Å²) >= 11 is 0. The predicted octanol–water partition coefficient (Wildman–Crippen LogP) is 3.36. The third-order valence-electron chi connectivity index (χ3n) is 5.91. The molecule has 0 radical (unpaired) electrons. The molecule has 31 heavy (non-hydrogen) atoms. The van der Waals surface area contributed by atoms with Gasteiger partial charge in [0.25, 0.3) is 0 Å². The van der Waals surface area contributed by atoms with E-state index in [1.165, 1.54) is 16.5 Å². The number of amides is 1. The second-order valence-corrected chi connectivity index (χ2v) is 7.99. The highest BCUT2D eigenvalue weighted by molar-refractivity contribution is 5.84. The fourth-order valence-electron chi connectivity index (χ4n) is 4.31. The molecule has 1 atom stereocenters. The molecule has 5 rings (SSSR count). The number of rotatable bonds is 6. The van der Waals surface area contributed by atoms with Gasteiger partial charge in [-0.25, -0.2) is 9.97 Å². The fraction of sp³-hybridized carbons (Fsp3) is 0.348. The van der Waals surface area contributed by atoms with Crippen LogP contribution in [0, 0.1) is 0 Å². The van der Waals surface area contributed by atoms with E-state index in [4.69, 9.17) is 4.52 Å². The Kier molecular flexibility index (Phi) is 5.19. The van der Waals surface area contributed by atoms with Gasteiger partial charge in [-0.3, -0.25) is 4.79 Å². The monoisotopic (exact) mass is 416 g/mol. The van der Waals surface area contributed by atoms with Gasteiger partial charge in [-0.2, -0.15) is 4.98 Å². The third-order valence-corrected chi connectivity index (χ3v) is 5.91. The summed E-state index contributed by atoms with van der Waals surface area (Å²) in [5, 5.41) is 5.27. The molecule has 1 saturated heterocycles. The molecule has 1 aliphatic rings. The second kappa shape index (κ2) is 8.29. The van der Waals surface area contributed by atoms with E-state index in [9.17, 15) is 4.79 Å². The molecule has 0 aliphatic carbocycles. The van der Waals surface area contributed by atoms with E-state index < -0.39 is 0 Å². The maximum absolute atomic E-state index is 12.7. The highest BCUT2D eigenvalue weighted by atomic mass is 16.5. The maximum atomic E-state index is 12.7. The van der Waals surface area contributed by atoms with Gasteiger partial charge in [-0.15, -0.1) is 0 Å². The molecule has 4 heterocycles. The van der Waals surface area contributed by atoms with E-state index in [0.29, 0.717) is 30.5 Å². The first kappa shape index (κ1) is 19.4. The highest BCUT2D eigenvalue weighted by Crippen LogP contribution is 2.28. The largest absolute Gasteiger partial charge is 0.350 e. The molecule has 1 fully saturated rings. The molecule has 0 N–H and O–H groups in total. The molecule has 0 unspecified atom stereocenters. The van der Waals surface area contributed by atoms with Crippen LogP contribution in [0.3, 0.4) is 0 Å². The SMILES string of the molecule is Cn1cc(CCCC(=O)N2CC[C@@H](c3nc(-c4ncccn4)no3)C2)c2ccccc21. The van der Waals surface area contributed by atoms with Crippen molar-refractivity contribution >= 4 is 16.8 Å². The summed E-state index contributed by atoms with van der Waals surface area (Å²) in [4.78, 5) is 27.4. The van der Waals surface area contributed by atoms with Crippen LogP contribution in [-0.2, 0) is 18.3 Å². The van der Waals surface area contributed by atoms with Crippen molar-refractivity contribution in [2.75, 3.05) is 13.1 Å². The number of aromatic nitrogens is 5. The molecular formula is C23H24N6O2. The molecule has 1 aliphatic heterocycles. The van der Waals surface area contributed by atoms with Crippen LogP contribution in [0.15, 0.2) is 53.4 Å². The number of hydrogen-bond acceptors (Lipinski definition) is 6. The van der Waals surface area contributed by atoms with E-state index in [2.05, 4.69) is 62.2 Å². The van der Waals surface area contributed by atoms with Gasteiger partial charge < -0.3 is 14.0 Å². The van der Waals surface area contributed by atoms with Crippen LogP contribution in [-0.4, -0.2) is 48.6 Å².